The molecule has 2 heterocycles. The quantitative estimate of drug-likeness (QED) is 0.564. The Kier molecular flexibility index (Phi) is 2.12. The van der Waals surface area contributed by atoms with Crippen molar-refractivity contribution in [3.8, 4) is 0 Å². The summed E-state index contributed by atoms with van der Waals surface area (Å²) < 4.78 is 5.43. The van der Waals surface area contributed by atoms with E-state index in [1.54, 1.807) is 0 Å². The molecule has 2 saturated heterocycles. The van der Waals surface area contributed by atoms with Crippen molar-refractivity contribution >= 4 is 5.91 Å². The standard InChI is InChI=1S/C10H15NO2/c1-3-7(2)10(12)11-5-9-4-8(11)6-13-9/h3,8-9H,4-6H2,1-2H3/b7-3-. The van der Waals surface area contributed by atoms with Gasteiger partial charge in [0.05, 0.1) is 18.8 Å². The van der Waals surface area contributed by atoms with Crippen LogP contribution in [0, 0.1) is 0 Å². The molecule has 3 nitrogen and oxygen atoms in total. The summed E-state index contributed by atoms with van der Waals surface area (Å²) in [7, 11) is 0. The Labute approximate surface area is 78.4 Å². The van der Waals surface area contributed by atoms with Crippen molar-refractivity contribution in [1.82, 2.24) is 4.90 Å². The number of ether oxygens (including phenoxy) is 1. The molecule has 3 heteroatoms. The highest BCUT2D eigenvalue weighted by molar-refractivity contribution is 5.93. The number of hydrogen-bond donors (Lipinski definition) is 0. The molecule has 2 fully saturated rings. The number of amides is 1. The predicted molar refractivity (Wildman–Crippen MR) is 49.3 cm³/mol. The molecule has 0 spiro atoms. The van der Waals surface area contributed by atoms with Crippen molar-refractivity contribution in [2.75, 3.05) is 13.2 Å². The first-order valence-electron chi connectivity index (χ1n) is 4.78. The highest BCUT2D eigenvalue weighted by Crippen LogP contribution is 2.28. The minimum atomic E-state index is 0.179. The van der Waals surface area contributed by atoms with E-state index in [4.69, 9.17) is 4.74 Å². The average Bonchev–Trinajstić information content (AvgIpc) is 2.76. The number of morpholine rings is 1. The smallest absolute Gasteiger partial charge is 0.249 e. The molecule has 0 aliphatic carbocycles. The molecule has 0 radical (unpaired) electrons. The zero-order chi connectivity index (χ0) is 9.42. The summed E-state index contributed by atoms with van der Waals surface area (Å²) >= 11 is 0. The summed E-state index contributed by atoms with van der Waals surface area (Å²) in [4.78, 5) is 13.7. The second-order valence-electron chi connectivity index (χ2n) is 3.77. The Bertz CT molecular complexity index is 260. The van der Waals surface area contributed by atoms with Crippen molar-refractivity contribution in [2.24, 2.45) is 0 Å². The zero-order valence-corrected chi connectivity index (χ0v) is 8.12. The van der Waals surface area contributed by atoms with Gasteiger partial charge in [0.2, 0.25) is 5.91 Å². The van der Waals surface area contributed by atoms with Crippen molar-refractivity contribution in [3.63, 3.8) is 0 Å². The second kappa shape index (κ2) is 3.14. The molecule has 13 heavy (non-hydrogen) atoms. The molecule has 0 saturated carbocycles. The van der Waals surface area contributed by atoms with Crippen LogP contribution in [0.25, 0.3) is 0 Å². The van der Waals surface area contributed by atoms with E-state index in [0.717, 1.165) is 25.1 Å². The largest absolute Gasteiger partial charge is 0.374 e. The highest BCUT2D eigenvalue weighted by Gasteiger charge is 2.41. The molecular weight excluding hydrogens is 166 g/mol. The number of fused-ring (bicyclic) bond motifs is 2. The van der Waals surface area contributed by atoms with Crippen molar-refractivity contribution in [3.05, 3.63) is 11.6 Å². The van der Waals surface area contributed by atoms with Gasteiger partial charge in [-0.3, -0.25) is 4.79 Å². The second-order valence-corrected chi connectivity index (χ2v) is 3.77. The maximum absolute atomic E-state index is 11.8. The summed E-state index contributed by atoms with van der Waals surface area (Å²) in [6, 6.07) is 0.340. The van der Waals surface area contributed by atoms with Gasteiger partial charge in [-0.05, 0) is 20.3 Å². The fourth-order valence-corrected chi connectivity index (χ4v) is 2.00. The summed E-state index contributed by atoms with van der Waals surface area (Å²) in [5, 5.41) is 0. The molecule has 2 unspecified atom stereocenters. The Morgan fingerprint density at radius 3 is 2.85 bits per heavy atom. The number of allylic oxidation sites excluding steroid dienone is 1. The minimum Gasteiger partial charge on any atom is -0.374 e. The van der Waals surface area contributed by atoms with Gasteiger partial charge in [-0.2, -0.15) is 0 Å². The Balaban J connectivity index is 2.07. The monoisotopic (exact) mass is 181 g/mol. The van der Waals surface area contributed by atoms with E-state index in [0.29, 0.717) is 12.1 Å². The first kappa shape index (κ1) is 8.75. The predicted octanol–water partition coefficient (Wildman–Crippen LogP) is 0.952. The first-order valence-corrected chi connectivity index (χ1v) is 4.78. The molecule has 2 aliphatic heterocycles. The van der Waals surface area contributed by atoms with Gasteiger partial charge in [-0.1, -0.05) is 6.08 Å². The van der Waals surface area contributed by atoms with E-state index < -0.39 is 0 Å². The lowest BCUT2D eigenvalue weighted by atomic mass is 10.2. The van der Waals surface area contributed by atoms with E-state index in [1.165, 1.54) is 0 Å². The third-order valence-corrected chi connectivity index (χ3v) is 2.93. The van der Waals surface area contributed by atoms with Gasteiger partial charge in [0.1, 0.15) is 0 Å². The molecule has 1 amide bonds. The fourth-order valence-electron chi connectivity index (χ4n) is 2.00. The van der Waals surface area contributed by atoms with Crippen molar-refractivity contribution in [1.29, 1.82) is 0 Å². The number of nitrogens with zero attached hydrogens (tertiary/aromatic N) is 1. The molecule has 0 N–H and O–H groups in total. The van der Waals surface area contributed by atoms with Gasteiger partial charge in [0, 0.05) is 12.1 Å². The van der Waals surface area contributed by atoms with Gasteiger partial charge in [-0.25, -0.2) is 0 Å². The first-order chi connectivity index (χ1) is 6.22. The summed E-state index contributed by atoms with van der Waals surface area (Å²) in [5.74, 6) is 0.179. The van der Waals surface area contributed by atoms with E-state index in [1.807, 2.05) is 24.8 Å². The number of carbonyl (C=O) groups is 1. The van der Waals surface area contributed by atoms with Crippen LogP contribution in [0.15, 0.2) is 11.6 Å². The van der Waals surface area contributed by atoms with Crippen LogP contribution in [0.5, 0.6) is 0 Å². The zero-order valence-electron chi connectivity index (χ0n) is 8.12. The average molecular weight is 181 g/mol. The number of likely N-dealkylation sites (tertiary alicyclic amines) is 1. The maximum Gasteiger partial charge on any atom is 0.249 e. The summed E-state index contributed by atoms with van der Waals surface area (Å²) in [5.41, 5.74) is 0.840. The Morgan fingerprint density at radius 1 is 1.62 bits per heavy atom. The van der Waals surface area contributed by atoms with Gasteiger partial charge in [0.15, 0.2) is 0 Å². The molecule has 2 aliphatic rings. The van der Waals surface area contributed by atoms with Crippen LogP contribution >= 0.6 is 0 Å². The summed E-state index contributed by atoms with van der Waals surface area (Å²) in [6.07, 6.45) is 3.20. The van der Waals surface area contributed by atoms with Gasteiger partial charge in [0.25, 0.3) is 0 Å². The van der Waals surface area contributed by atoms with Crippen molar-refractivity contribution in [2.45, 2.75) is 32.4 Å². The molecule has 0 aromatic carbocycles. The molecule has 2 bridgehead atoms. The molecule has 2 rings (SSSR count). The maximum atomic E-state index is 11.8. The lowest BCUT2D eigenvalue weighted by molar-refractivity contribution is -0.131. The van der Waals surface area contributed by atoms with Gasteiger partial charge >= 0.3 is 0 Å². The SMILES string of the molecule is C/C=C(/C)C(=O)N1CC2CC1CO2. The molecule has 0 aromatic rings. The number of carbonyl (C=O) groups excluding carboxylic acids is 1. The molecule has 72 valence electrons. The summed E-state index contributed by atoms with van der Waals surface area (Å²) in [6.45, 7) is 5.29. The van der Waals surface area contributed by atoms with Crippen LogP contribution in [0.3, 0.4) is 0 Å². The molecule has 2 atom stereocenters. The lowest BCUT2D eigenvalue weighted by Crippen LogP contribution is -2.41. The van der Waals surface area contributed by atoms with Crippen molar-refractivity contribution < 1.29 is 9.53 Å². The fraction of sp³-hybridized carbons (Fsp3) is 0.700. The Morgan fingerprint density at radius 2 is 2.38 bits per heavy atom. The lowest BCUT2D eigenvalue weighted by Gasteiger charge is -2.27. The Hall–Kier alpha value is -0.830. The number of rotatable bonds is 1. The minimum absolute atomic E-state index is 0.179. The van der Waals surface area contributed by atoms with E-state index in [2.05, 4.69) is 0 Å². The third kappa shape index (κ3) is 1.37. The van der Waals surface area contributed by atoms with Crippen LogP contribution in [0.1, 0.15) is 20.3 Å². The van der Waals surface area contributed by atoms with Crippen LogP contribution in [-0.4, -0.2) is 36.1 Å². The highest BCUT2D eigenvalue weighted by atomic mass is 16.5. The van der Waals surface area contributed by atoms with E-state index >= 15 is 0 Å². The third-order valence-electron chi connectivity index (χ3n) is 2.93. The topological polar surface area (TPSA) is 29.5 Å². The van der Waals surface area contributed by atoms with Crippen LogP contribution in [-0.2, 0) is 9.53 Å². The molecular formula is C10H15NO2. The van der Waals surface area contributed by atoms with E-state index in [-0.39, 0.29) is 5.91 Å². The normalized spacial score (nSPS) is 32.8. The van der Waals surface area contributed by atoms with Crippen LogP contribution < -0.4 is 0 Å². The van der Waals surface area contributed by atoms with Gasteiger partial charge in [-0.15, -0.1) is 0 Å². The van der Waals surface area contributed by atoms with Gasteiger partial charge < -0.3 is 9.64 Å². The van der Waals surface area contributed by atoms with Crippen LogP contribution in [0.2, 0.25) is 0 Å². The molecule has 0 aromatic heterocycles. The number of hydrogen-bond acceptors (Lipinski definition) is 2. The van der Waals surface area contributed by atoms with E-state index in [9.17, 15) is 4.79 Å². The van der Waals surface area contributed by atoms with Crippen LogP contribution in [0.4, 0.5) is 0 Å².